The lowest BCUT2D eigenvalue weighted by atomic mass is 10.0. The van der Waals surface area contributed by atoms with Gasteiger partial charge in [-0.3, -0.25) is 4.79 Å². The lowest BCUT2D eigenvalue weighted by Gasteiger charge is -2.13. The zero-order valence-corrected chi connectivity index (χ0v) is 17.4. The van der Waals surface area contributed by atoms with Crippen molar-refractivity contribution in [2.75, 3.05) is 0 Å². The first-order valence-corrected chi connectivity index (χ1v) is 10.8. The second-order valence-electron chi connectivity index (χ2n) is 8.20. The van der Waals surface area contributed by atoms with E-state index < -0.39 is 5.97 Å². The van der Waals surface area contributed by atoms with Crippen molar-refractivity contribution in [3.05, 3.63) is 89.0 Å². The van der Waals surface area contributed by atoms with E-state index in [1.54, 1.807) is 0 Å². The fourth-order valence-corrected chi connectivity index (χ4v) is 3.80. The van der Waals surface area contributed by atoms with Gasteiger partial charge in [-0.05, 0) is 71.6 Å². The molecular weight excluding hydrogens is 372 g/mol. The van der Waals surface area contributed by atoms with E-state index in [1.807, 2.05) is 24.3 Å². The largest absolute Gasteiger partial charge is 0.489 e. The predicted octanol–water partition coefficient (Wildman–Crippen LogP) is 6.07. The van der Waals surface area contributed by atoms with Gasteiger partial charge in [0.2, 0.25) is 0 Å². The fraction of sp³-hybridized carbons (Fsp3) is 0.296. The average molecular weight is 401 g/mol. The molecule has 0 aliphatic heterocycles. The molecule has 1 aliphatic rings. The second-order valence-corrected chi connectivity index (χ2v) is 8.20. The number of ether oxygens (including phenoxy) is 1. The molecule has 1 aliphatic carbocycles. The maximum Gasteiger partial charge on any atom is 0.307 e. The Labute approximate surface area is 178 Å². The number of carboxylic acids is 1. The van der Waals surface area contributed by atoms with Gasteiger partial charge in [-0.25, -0.2) is 0 Å². The molecule has 0 aromatic heterocycles. The molecule has 0 bridgehead atoms. The van der Waals surface area contributed by atoms with Crippen LogP contribution < -0.4 is 4.74 Å². The summed E-state index contributed by atoms with van der Waals surface area (Å²) >= 11 is 0. The third-order valence-corrected chi connectivity index (χ3v) is 5.68. The molecule has 3 aromatic carbocycles. The van der Waals surface area contributed by atoms with E-state index in [0.717, 1.165) is 29.9 Å². The lowest BCUT2D eigenvalue weighted by molar-refractivity contribution is -0.136. The normalized spacial score (nSPS) is 13.2. The van der Waals surface area contributed by atoms with Crippen molar-refractivity contribution in [1.82, 2.24) is 0 Å². The van der Waals surface area contributed by atoms with Crippen molar-refractivity contribution in [3.8, 4) is 16.9 Å². The van der Waals surface area contributed by atoms with Crippen LogP contribution in [-0.2, 0) is 30.7 Å². The number of rotatable bonds is 9. The number of carboxylic acid groups (broad SMARTS) is 1. The Bertz CT molecular complexity index is 1030. The number of benzene rings is 3. The molecule has 154 valence electrons. The Balaban J connectivity index is 1.52. The fourth-order valence-electron chi connectivity index (χ4n) is 3.80. The van der Waals surface area contributed by atoms with Gasteiger partial charge in [0, 0.05) is 5.56 Å². The molecule has 0 spiro atoms. The molecule has 0 unspecified atom stereocenters. The van der Waals surface area contributed by atoms with Crippen LogP contribution in [0.3, 0.4) is 0 Å². The van der Waals surface area contributed by atoms with Gasteiger partial charge in [0.15, 0.2) is 0 Å². The molecule has 3 heteroatoms. The van der Waals surface area contributed by atoms with Crippen LogP contribution in [0.5, 0.6) is 5.75 Å². The second kappa shape index (κ2) is 9.17. The number of carbonyl (C=O) groups is 1. The van der Waals surface area contributed by atoms with Crippen LogP contribution in [0, 0.1) is 5.92 Å². The molecule has 4 rings (SSSR count). The van der Waals surface area contributed by atoms with Crippen molar-refractivity contribution < 1.29 is 14.6 Å². The maximum absolute atomic E-state index is 11.3. The zero-order valence-electron chi connectivity index (χ0n) is 17.4. The van der Waals surface area contributed by atoms with Gasteiger partial charge < -0.3 is 9.84 Å². The van der Waals surface area contributed by atoms with Crippen molar-refractivity contribution in [2.24, 2.45) is 5.92 Å². The highest BCUT2D eigenvalue weighted by Gasteiger charge is 2.22. The van der Waals surface area contributed by atoms with E-state index >= 15 is 0 Å². The SMILES string of the molecule is CCc1cccc(-c2cccc(COc3cc(CC4CC4)ccc3CC(=O)O)c2)c1. The molecule has 1 fully saturated rings. The first kappa shape index (κ1) is 20.2. The number of hydrogen-bond acceptors (Lipinski definition) is 2. The minimum absolute atomic E-state index is 0.0249. The number of hydrogen-bond donors (Lipinski definition) is 1. The smallest absolute Gasteiger partial charge is 0.307 e. The molecule has 3 nitrogen and oxygen atoms in total. The Hall–Kier alpha value is -3.07. The Kier molecular flexibility index (Phi) is 6.18. The number of aryl methyl sites for hydroxylation is 1. The summed E-state index contributed by atoms with van der Waals surface area (Å²) in [6.07, 6.45) is 4.62. The maximum atomic E-state index is 11.3. The summed E-state index contributed by atoms with van der Waals surface area (Å²) in [6.45, 7) is 2.58. The molecule has 0 radical (unpaired) electrons. The quantitative estimate of drug-likeness (QED) is 0.474. The van der Waals surface area contributed by atoms with Crippen molar-refractivity contribution in [3.63, 3.8) is 0 Å². The molecular formula is C27H28O3. The van der Waals surface area contributed by atoms with Gasteiger partial charge in [-0.2, -0.15) is 0 Å². The van der Waals surface area contributed by atoms with E-state index in [-0.39, 0.29) is 6.42 Å². The molecule has 30 heavy (non-hydrogen) atoms. The van der Waals surface area contributed by atoms with Crippen molar-refractivity contribution >= 4 is 5.97 Å². The van der Waals surface area contributed by atoms with Crippen molar-refractivity contribution in [1.29, 1.82) is 0 Å². The van der Waals surface area contributed by atoms with Crippen LogP contribution >= 0.6 is 0 Å². The minimum atomic E-state index is -0.840. The topological polar surface area (TPSA) is 46.5 Å². The Morgan fingerprint density at radius 3 is 2.30 bits per heavy atom. The van der Waals surface area contributed by atoms with E-state index in [2.05, 4.69) is 49.4 Å². The molecule has 1 saturated carbocycles. The van der Waals surface area contributed by atoms with Crippen LogP contribution in [0.15, 0.2) is 66.7 Å². The monoisotopic (exact) mass is 400 g/mol. The summed E-state index contributed by atoms with van der Waals surface area (Å²) in [6, 6.07) is 23.0. The van der Waals surface area contributed by atoms with E-state index in [9.17, 15) is 9.90 Å². The molecule has 0 heterocycles. The first-order chi connectivity index (χ1) is 14.6. The van der Waals surface area contributed by atoms with Gasteiger partial charge in [-0.15, -0.1) is 0 Å². The van der Waals surface area contributed by atoms with Crippen molar-refractivity contribution in [2.45, 2.75) is 45.6 Å². The zero-order chi connectivity index (χ0) is 20.9. The van der Waals surface area contributed by atoms with Gasteiger partial charge in [-0.1, -0.05) is 61.5 Å². The summed E-state index contributed by atoms with van der Waals surface area (Å²) in [7, 11) is 0. The highest BCUT2D eigenvalue weighted by molar-refractivity contribution is 5.71. The summed E-state index contributed by atoms with van der Waals surface area (Å²) in [5.41, 5.74) is 6.72. The van der Waals surface area contributed by atoms with Crippen LogP contribution in [0.4, 0.5) is 0 Å². The molecule has 0 amide bonds. The van der Waals surface area contributed by atoms with E-state index in [0.29, 0.717) is 12.4 Å². The van der Waals surface area contributed by atoms with Crippen LogP contribution in [0.1, 0.15) is 42.0 Å². The molecule has 1 N–H and O–H groups in total. The van der Waals surface area contributed by atoms with Gasteiger partial charge in [0.1, 0.15) is 12.4 Å². The van der Waals surface area contributed by atoms with Gasteiger partial charge >= 0.3 is 5.97 Å². The predicted molar refractivity (Wildman–Crippen MR) is 120 cm³/mol. The average Bonchev–Trinajstić information content (AvgIpc) is 3.57. The summed E-state index contributed by atoms with van der Waals surface area (Å²) in [5.74, 6) is 0.625. The van der Waals surface area contributed by atoms with E-state index in [4.69, 9.17) is 4.74 Å². The summed E-state index contributed by atoms with van der Waals surface area (Å²) < 4.78 is 6.14. The molecule has 0 saturated heterocycles. The standard InChI is InChI=1S/C27H28O3/c1-2-19-5-3-7-23(14-19)24-8-4-6-22(15-24)18-30-26-16-21(13-20-9-10-20)11-12-25(26)17-27(28)29/h3-8,11-12,14-16,20H,2,9-10,13,17-18H2,1H3,(H,28,29). The third-order valence-electron chi connectivity index (χ3n) is 5.68. The van der Waals surface area contributed by atoms with Crippen LogP contribution in [-0.4, -0.2) is 11.1 Å². The summed E-state index contributed by atoms with van der Waals surface area (Å²) in [5, 5.41) is 9.25. The molecule has 0 atom stereocenters. The van der Waals surface area contributed by atoms with Crippen LogP contribution in [0.25, 0.3) is 11.1 Å². The Morgan fingerprint density at radius 2 is 1.63 bits per heavy atom. The Morgan fingerprint density at radius 1 is 0.933 bits per heavy atom. The third kappa shape index (κ3) is 5.29. The first-order valence-electron chi connectivity index (χ1n) is 10.8. The minimum Gasteiger partial charge on any atom is -0.489 e. The number of aliphatic carboxylic acids is 1. The lowest BCUT2D eigenvalue weighted by Crippen LogP contribution is -2.05. The van der Waals surface area contributed by atoms with E-state index in [1.165, 1.54) is 35.1 Å². The van der Waals surface area contributed by atoms with Gasteiger partial charge in [0.25, 0.3) is 0 Å². The molecule has 3 aromatic rings. The summed E-state index contributed by atoms with van der Waals surface area (Å²) in [4.78, 5) is 11.3. The highest BCUT2D eigenvalue weighted by Crippen LogP contribution is 2.34. The van der Waals surface area contributed by atoms with Crippen LogP contribution in [0.2, 0.25) is 0 Å². The highest BCUT2D eigenvalue weighted by atomic mass is 16.5. The van der Waals surface area contributed by atoms with Gasteiger partial charge in [0.05, 0.1) is 6.42 Å².